The molecule has 0 amide bonds. The van der Waals surface area contributed by atoms with Crippen molar-refractivity contribution in [2.45, 2.75) is 38.3 Å². The number of anilines is 1. The Morgan fingerprint density at radius 2 is 1.86 bits per heavy atom. The highest BCUT2D eigenvalue weighted by molar-refractivity contribution is 6.32. The predicted octanol–water partition coefficient (Wildman–Crippen LogP) is 5.89. The minimum Gasteiger partial charge on any atom is -0.480 e. The van der Waals surface area contributed by atoms with E-state index in [-0.39, 0.29) is 5.82 Å². The molecule has 0 unspecified atom stereocenters. The van der Waals surface area contributed by atoms with Crippen molar-refractivity contribution in [1.82, 2.24) is 29.5 Å². The zero-order valence-corrected chi connectivity index (χ0v) is 20.2. The molecule has 4 aromatic rings. The summed E-state index contributed by atoms with van der Waals surface area (Å²) >= 11 is 6.33. The molecule has 37 heavy (non-hydrogen) atoms. The molecule has 3 heterocycles. The zero-order chi connectivity index (χ0) is 26.2. The third-order valence-electron chi connectivity index (χ3n) is 5.83. The standard InChI is InChI=1S/C24H20ClF4N7O/c1-37-23-18(19(14-6-7-14)32-12-33-23)21-31-9-16(25)20(35-21)30-8-13-2-4-15(5-3-13)22-34-17(24(27,28)29)10-36(22)11-26/h2-5,9-10,12,14H,6-8,11H2,1H3,(H,30,31,35). The first-order chi connectivity index (χ1) is 17.8. The van der Waals surface area contributed by atoms with Crippen LogP contribution in [0.5, 0.6) is 5.88 Å². The average Bonchev–Trinajstić information content (AvgIpc) is 3.65. The van der Waals surface area contributed by atoms with E-state index in [1.165, 1.54) is 19.6 Å². The molecule has 1 aliphatic rings. The lowest BCUT2D eigenvalue weighted by Gasteiger charge is -2.13. The lowest BCUT2D eigenvalue weighted by molar-refractivity contribution is -0.140. The summed E-state index contributed by atoms with van der Waals surface area (Å²) in [6, 6.07) is 6.55. The van der Waals surface area contributed by atoms with Crippen LogP contribution in [0.3, 0.4) is 0 Å². The average molecular weight is 534 g/mol. The van der Waals surface area contributed by atoms with Crippen LogP contribution in [0.25, 0.3) is 22.8 Å². The third kappa shape index (κ3) is 5.19. The Bertz CT molecular complexity index is 1420. The molecule has 0 spiro atoms. The fraction of sp³-hybridized carbons (Fsp3) is 0.292. The second-order valence-electron chi connectivity index (χ2n) is 8.39. The number of rotatable bonds is 8. The van der Waals surface area contributed by atoms with Crippen molar-refractivity contribution >= 4 is 17.4 Å². The highest BCUT2D eigenvalue weighted by Crippen LogP contribution is 2.45. The van der Waals surface area contributed by atoms with Crippen molar-refractivity contribution in [3.8, 4) is 28.7 Å². The summed E-state index contributed by atoms with van der Waals surface area (Å²) in [6.07, 6.45) is 0.965. The van der Waals surface area contributed by atoms with E-state index in [1.54, 1.807) is 24.3 Å². The Balaban J connectivity index is 1.36. The summed E-state index contributed by atoms with van der Waals surface area (Å²) in [5, 5.41) is 3.45. The number of nitrogens with zero attached hydrogens (tertiary/aromatic N) is 6. The van der Waals surface area contributed by atoms with E-state index in [9.17, 15) is 17.6 Å². The Hall–Kier alpha value is -3.80. The van der Waals surface area contributed by atoms with Gasteiger partial charge in [0.25, 0.3) is 0 Å². The molecule has 0 atom stereocenters. The van der Waals surface area contributed by atoms with Crippen LogP contribution in [0.1, 0.15) is 35.7 Å². The van der Waals surface area contributed by atoms with Crippen molar-refractivity contribution in [3.63, 3.8) is 0 Å². The maximum Gasteiger partial charge on any atom is 0.434 e. The number of nitrogens with one attached hydrogen (secondary N) is 1. The molecule has 192 valence electrons. The third-order valence-corrected chi connectivity index (χ3v) is 6.11. The molecule has 0 radical (unpaired) electrons. The Morgan fingerprint density at radius 1 is 1.11 bits per heavy atom. The van der Waals surface area contributed by atoms with Crippen LogP contribution in [0, 0.1) is 0 Å². The number of methoxy groups -OCH3 is 1. The maximum atomic E-state index is 13.3. The fourth-order valence-electron chi connectivity index (χ4n) is 3.86. The van der Waals surface area contributed by atoms with Gasteiger partial charge in [-0.15, -0.1) is 0 Å². The van der Waals surface area contributed by atoms with Gasteiger partial charge < -0.3 is 14.6 Å². The van der Waals surface area contributed by atoms with E-state index in [0.717, 1.165) is 28.7 Å². The van der Waals surface area contributed by atoms with Crippen LogP contribution >= 0.6 is 11.6 Å². The van der Waals surface area contributed by atoms with Crippen LogP contribution in [0.2, 0.25) is 5.02 Å². The summed E-state index contributed by atoms with van der Waals surface area (Å²) in [4.78, 5) is 21.1. The molecular weight excluding hydrogens is 514 g/mol. The van der Waals surface area contributed by atoms with Gasteiger partial charge in [-0.1, -0.05) is 35.9 Å². The minimum absolute atomic E-state index is 0.108. The molecule has 0 aliphatic heterocycles. The van der Waals surface area contributed by atoms with Gasteiger partial charge in [-0.2, -0.15) is 13.2 Å². The number of aromatic nitrogens is 6. The number of alkyl halides is 4. The van der Waals surface area contributed by atoms with Gasteiger partial charge in [-0.25, -0.2) is 29.3 Å². The van der Waals surface area contributed by atoms with E-state index in [2.05, 4.69) is 30.2 Å². The van der Waals surface area contributed by atoms with E-state index < -0.39 is 18.7 Å². The minimum atomic E-state index is -4.66. The van der Waals surface area contributed by atoms with Gasteiger partial charge >= 0.3 is 6.18 Å². The lowest BCUT2D eigenvalue weighted by atomic mass is 10.1. The second kappa shape index (κ2) is 9.92. The topological polar surface area (TPSA) is 90.6 Å². The van der Waals surface area contributed by atoms with Gasteiger partial charge in [-0.3, -0.25) is 0 Å². The molecule has 8 nitrogen and oxygen atoms in total. The van der Waals surface area contributed by atoms with Gasteiger partial charge in [0.15, 0.2) is 18.3 Å². The van der Waals surface area contributed by atoms with Crippen LogP contribution in [0.4, 0.5) is 23.4 Å². The highest BCUT2D eigenvalue weighted by atomic mass is 35.5. The molecule has 3 aromatic heterocycles. The molecule has 13 heteroatoms. The SMILES string of the molecule is COc1ncnc(C2CC2)c1-c1ncc(Cl)c(NCc2ccc(-c3nc(C(F)(F)F)cn3CF)cc2)n1. The van der Waals surface area contributed by atoms with E-state index in [0.29, 0.717) is 52.3 Å². The van der Waals surface area contributed by atoms with Gasteiger partial charge in [0.2, 0.25) is 5.88 Å². The number of imidazole rings is 1. The normalized spacial score (nSPS) is 13.6. The highest BCUT2D eigenvalue weighted by Gasteiger charge is 2.35. The zero-order valence-electron chi connectivity index (χ0n) is 19.4. The van der Waals surface area contributed by atoms with E-state index in [4.69, 9.17) is 16.3 Å². The van der Waals surface area contributed by atoms with Gasteiger partial charge in [0.05, 0.1) is 19.0 Å². The van der Waals surface area contributed by atoms with Crippen molar-refractivity contribution in [2.24, 2.45) is 0 Å². The van der Waals surface area contributed by atoms with Crippen molar-refractivity contribution in [2.75, 3.05) is 12.4 Å². The molecule has 1 fully saturated rings. The predicted molar refractivity (Wildman–Crippen MR) is 128 cm³/mol. The fourth-order valence-corrected chi connectivity index (χ4v) is 4.01. The van der Waals surface area contributed by atoms with Gasteiger partial charge in [0.1, 0.15) is 28.6 Å². The van der Waals surface area contributed by atoms with Crippen LogP contribution < -0.4 is 10.1 Å². The van der Waals surface area contributed by atoms with Crippen LogP contribution in [-0.2, 0) is 19.5 Å². The Kier molecular flexibility index (Phi) is 6.67. The van der Waals surface area contributed by atoms with Crippen molar-refractivity contribution < 1.29 is 22.3 Å². The molecule has 0 saturated heterocycles. The van der Waals surface area contributed by atoms with Gasteiger partial charge in [-0.05, 0) is 18.4 Å². The first kappa shape index (κ1) is 24.9. The first-order valence-electron chi connectivity index (χ1n) is 11.2. The summed E-state index contributed by atoms with van der Waals surface area (Å²) in [5.41, 5.74) is 1.44. The summed E-state index contributed by atoms with van der Waals surface area (Å²) in [7, 11) is 1.52. The number of hydrogen-bond donors (Lipinski definition) is 1. The summed E-state index contributed by atoms with van der Waals surface area (Å²) < 4.78 is 58.5. The molecule has 1 N–H and O–H groups in total. The quantitative estimate of drug-likeness (QED) is 0.282. The molecule has 5 rings (SSSR count). The summed E-state index contributed by atoms with van der Waals surface area (Å²) in [6.45, 7) is -0.824. The molecule has 1 saturated carbocycles. The lowest BCUT2D eigenvalue weighted by Crippen LogP contribution is -2.06. The van der Waals surface area contributed by atoms with E-state index in [1.807, 2.05) is 0 Å². The molecular formula is C24H20ClF4N7O. The molecule has 1 aromatic carbocycles. The first-order valence-corrected chi connectivity index (χ1v) is 11.6. The van der Waals surface area contributed by atoms with Crippen molar-refractivity contribution in [1.29, 1.82) is 0 Å². The Labute approximate surface area is 213 Å². The maximum absolute atomic E-state index is 13.3. The van der Waals surface area contributed by atoms with E-state index >= 15 is 0 Å². The van der Waals surface area contributed by atoms with Gasteiger partial charge in [0, 0.05) is 24.2 Å². The summed E-state index contributed by atoms with van der Waals surface area (Å²) in [5.74, 6) is 1.33. The number of benzene rings is 1. The second-order valence-corrected chi connectivity index (χ2v) is 8.80. The molecule has 1 aliphatic carbocycles. The number of ether oxygens (including phenoxy) is 1. The Morgan fingerprint density at radius 3 is 2.51 bits per heavy atom. The van der Waals surface area contributed by atoms with Crippen molar-refractivity contribution in [3.05, 3.63) is 65.0 Å². The number of halogens is 5. The van der Waals surface area contributed by atoms with Crippen LogP contribution in [-0.4, -0.2) is 36.6 Å². The molecule has 0 bridgehead atoms. The van der Waals surface area contributed by atoms with Crippen LogP contribution in [0.15, 0.2) is 43.0 Å². The largest absolute Gasteiger partial charge is 0.480 e. The smallest absolute Gasteiger partial charge is 0.434 e. The monoisotopic (exact) mass is 533 g/mol. The number of hydrogen-bond acceptors (Lipinski definition) is 7.